The molecule has 0 aliphatic heterocycles. The molecule has 0 N–H and O–H groups in total. The van der Waals surface area contributed by atoms with Gasteiger partial charge in [0.2, 0.25) is 5.78 Å². The van der Waals surface area contributed by atoms with Gasteiger partial charge in [-0.3, -0.25) is 4.79 Å². The van der Waals surface area contributed by atoms with Crippen molar-refractivity contribution in [3.63, 3.8) is 0 Å². The van der Waals surface area contributed by atoms with E-state index in [1.165, 1.54) is 4.80 Å². The van der Waals surface area contributed by atoms with Crippen molar-refractivity contribution in [1.82, 2.24) is 9.90 Å². The van der Waals surface area contributed by atoms with Crippen LogP contribution in [0.1, 0.15) is 21.6 Å². The number of aromatic nitrogens is 3. The molecule has 0 unspecified atom stereocenters. The Morgan fingerprint density at radius 2 is 1.48 bits per heavy atom. The maximum absolute atomic E-state index is 13.1. The molecule has 132 valence electrons. The molecule has 27 heavy (non-hydrogen) atoms. The molecular weight excluding hydrogens is 338 g/mol. The van der Waals surface area contributed by atoms with E-state index in [1.54, 1.807) is 24.3 Å². The molecule has 0 saturated carbocycles. The van der Waals surface area contributed by atoms with E-state index >= 15 is 0 Å². The van der Waals surface area contributed by atoms with Crippen LogP contribution in [0.2, 0.25) is 0 Å². The summed E-state index contributed by atoms with van der Waals surface area (Å²) in [6.45, 7) is 1.97. The molecule has 0 radical (unpaired) electrons. The first-order valence-corrected chi connectivity index (χ1v) is 8.60. The van der Waals surface area contributed by atoms with Crippen molar-refractivity contribution in [3.05, 3.63) is 107 Å². The number of ketones is 1. The average Bonchev–Trinajstić information content (AvgIpc) is 3.06. The van der Waals surface area contributed by atoms with Gasteiger partial charge in [-0.05, 0) is 23.9 Å². The Morgan fingerprint density at radius 3 is 2.11 bits per heavy atom. The fourth-order valence-corrected chi connectivity index (χ4v) is 2.92. The van der Waals surface area contributed by atoms with Crippen molar-refractivity contribution in [2.75, 3.05) is 0 Å². The summed E-state index contributed by atoms with van der Waals surface area (Å²) < 4.78 is 0. The first-order chi connectivity index (χ1) is 13.1. The summed E-state index contributed by atoms with van der Waals surface area (Å²) in [6, 6.07) is 25.4. The van der Waals surface area contributed by atoms with Gasteiger partial charge in [0.15, 0.2) is 0 Å². The molecule has 0 aliphatic rings. The van der Waals surface area contributed by atoms with Gasteiger partial charge in [0.25, 0.3) is 11.4 Å². The van der Waals surface area contributed by atoms with Gasteiger partial charge >= 0.3 is 0 Å². The lowest BCUT2D eigenvalue weighted by molar-refractivity contribution is -0.690. The normalized spacial score (nSPS) is 10.7. The fourth-order valence-electron chi connectivity index (χ4n) is 2.92. The van der Waals surface area contributed by atoms with Gasteiger partial charge in [-0.2, -0.15) is 0 Å². The van der Waals surface area contributed by atoms with Crippen LogP contribution in [0.3, 0.4) is 0 Å². The Labute approximate surface area is 156 Å². The highest BCUT2D eigenvalue weighted by Gasteiger charge is 2.31. The number of hydrogen-bond donors (Lipinski definition) is 0. The third-order valence-electron chi connectivity index (χ3n) is 4.35. The minimum absolute atomic E-state index is 0.00738. The Kier molecular flexibility index (Phi) is 4.26. The van der Waals surface area contributed by atoms with Crippen LogP contribution in [-0.2, 0) is 0 Å². The van der Waals surface area contributed by atoms with Crippen molar-refractivity contribution in [2.24, 2.45) is 0 Å². The first-order valence-electron chi connectivity index (χ1n) is 8.60. The van der Waals surface area contributed by atoms with Gasteiger partial charge in [-0.1, -0.05) is 78.4 Å². The van der Waals surface area contributed by atoms with Crippen LogP contribution in [0.25, 0.3) is 16.9 Å². The number of carbonyl (C=O) groups is 1. The zero-order valence-electron chi connectivity index (χ0n) is 14.7. The summed E-state index contributed by atoms with van der Waals surface area (Å²) in [5.74, 6) is -0.359. The van der Waals surface area contributed by atoms with E-state index in [1.807, 2.05) is 67.6 Å². The van der Waals surface area contributed by atoms with Gasteiger partial charge in [0.05, 0.1) is 5.10 Å². The second kappa shape index (κ2) is 6.88. The van der Waals surface area contributed by atoms with Gasteiger partial charge in [-0.15, -0.1) is 4.85 Å². The Bertz CT molecular complexity index is 1090. The van der Waals surface area contributed by atoms with Gasteiger partial charge in [-0.25, -0.2) is 0 Å². The largest absolute Gasteiger partial charge is 0.692 e. The summed E-state index contributed by atoms with van der Waals surface area (Å²) in [6.07, 6.45) is 0. The topological polar surface area (TPSA) is 61.8 Å². The lowest BCUT2D eigenvalue weighted by Crippen LogP contribution is -2.42. The highest BCUT2D eigenvalue weighted by molar-refractivity contribution is 6.09. The van der Waals surface area contributed by atoms with Crippen LogP contribution in [-0.4, -0.2) is 15.7 Å². The van der Waals surface area contributed by atoms with Crippen LogP contribution in [0.4, 0.5) is 0 Å². The van der Waals surface area contributed by atoms with Crippen molar-refractivity contribution in [1.29, 1.82) is 0 Å². The molecule has 4 aromatic rings. The third kappa shape index (κ3) is 3.11. The zero-order valence-corrected chi connectivity index (χ0v) is 14.7. The minimum Gasteiger partial charge on any atom is -0.692 e. The monoisotopic (exact) mass is 355 g/mol. The molecule has 0 spiro atoms. The third-order valence-corrected chi connectivity index (χ3v) is 4.35. The zero-order chi connectivity index (χ0) is 18.8. The molecule has 4 rings (SSSR count). The van der Waals surface area contributed by atoms with E-state index in [4.69, 9.17) is 0 Å². The summed E-state index contributed by atoms with van der Waals surface area (Å²) in [5.41, 5.74) is 3.20. The first kappa shape index (κ1) is 16.7. The molecule has 1 aromatic heterocycles. The lowest BCUT2D eigenvalue weighted by atomic mass is 10.0. The van der Waals surface area contributed by atoms with E-state index in [2.05, 4.69) is 5.10 Å². The second-order valence-corrected chi connectivity index (χ2v) is 6.26. The molecular formula is C22H17N3O2. The van der Waals surface area contributed by atoms with Crippen LogP contribution in [0.5, 0.6) is 0 Å². The van der Waals surface area contributed by atoms with Crippen LogP contribution >= 0.6 is 0 Å². The Balaban J connectivity index is 1.93. The van der Waals surface area contributed by atoms with E-state index in [0.29, 0.717) is 27.4 Å². The SMILES string of the molecule is Cc1ccc(-n2nc(-c3ccccc3)c(C(=O)c3ccccc3)[n+]2[O-])cc1. The highest BCUT2D eigenvalue weighted by Crippen LogP contribution is 2.22. The van der Waals surface area contributed by atoms with Crippen molar-refractivity contribution >= 4 is 5.78 Å². The Hall–Kier alpha value is -3.73. The Morgan fingerprint density at radius 1 is 0.889 bits per heavy atom. The predicted molar refractivity (Wildman–Crippen MR) is 103 cm³/mol. The van der Waals surface area contributed by atoms with Crippen LogP contribution < -0.4 is 4.85 Å². The minimum atomic E-state index is -0.359. The fraction of sp³-hybridized carbons (Fsp3) is 0.0455. The number of carbonyl (C=O) groups excluding carboxylic acids is 1. The van der Waals surface area contributed by atoms with Gasteiger partial charge in [0, 0.05) is 11.1 Å². The lowest BCUT2D eigenvalue weighted by Gasteiger charge is -2.06. The maximum atomic E-state index is 13.1. The van der Waals surface area contributed by atoms with Crippen LogP contribution in [0, 0.1) is 12.1 Å². The van der Waals surface area contributed by atoms with E-state index in [9.17, 15) is 10.0 Å². The number of hydrogen-bond acceptors (Lipinski definition) is 3. The van der Waals surface area contributed by atoms with Crippen molar-refractivity contribution in [2.45, 2.75) is 6.92 Å². The van der Waals surface area contributed by atoms with E-state index in [-0.39, 0.29) is 11.5 Å². The second-order valence-electron chi connectivity index (χ2n) is 6.26. The standard InChI is InChI=1S/C22H17N3O2/c1-16-12-14-19(15-13-16)24-23-20(17-8-4-2-5-9-17)21(25(24)27)22(26)18-10-6-3-7-11-18/h2-15H,1H3. The maximum Gasteiger partial charge on any atom is 0.261 e. The van der Waals surface area contributed by atoms with E-state index in [0.717, 1.165) is 5.56 Å². The average molecular weight is 355 g/mol. The number of nitrogens with zero attached hydrogens (tertiary/aromatic N) is 3. The van der Waals surface area contributed by atoms with E-state index < -0.39 is 0 Å². The molecule has 0 saturated heterocycles. The molecule has 0 amide bonds. The highest BCUT2D eigenvalue weighted by atomic mass is 16.5. The van der Waals surface area contributed by atoms with Gasteiger partial charge < -0.3 is 5.21 Å². The molecule has 0 aliphatic carbocycles. The molecule has 0 bridgehead atoms. The molecule has 5 nitrogen and oxygen atoms in total. The quantitative estimate of drug-likeness (QED) is 0.318. The number of aryl methyl sites for hydroxylation is 1. The molecule has 5 heteroatoms. The summed E-state index contributed by atoms with van der Waals surface area (Å²) in [5, 5.41) is 17.5. The van der Waals surface area contributed by atoms with Gasteiger partial charge in [0.1, 0.15) is 5.69 Å². The smallest absolute Gasteiger partial charge is 0.261 e. The molecule has 3 aromatic carbocycles. The van der Waals surface area contributed by atoms with Crippen LogP contribution in [0.15, 0.2) is 84.9 Å². The van der Waals surface area contributed by atoms with Crippen molar-refractivity contribution < 1.29 is 9.64 Å². The predicted octanol–water partition coefficient (Wildman–Crippen LogP) is 3.71. The molecule has 0 atom stereocenters. The molecule has 0 fully saturated rings. The summed E-state index contributed by atoms with van der Waals surface area (Å²) in [7, 11) is 0. The van der Waals surface area contributed by atoms with Crippen molar-refractivity contribution in [3.8, 4) is 16.9 Å². The molecule has 1 heterocycles. The number of rotatable bonds is 4. The summed E-state index contributed by atoms with van der Waals surface area (Å²) in [4.78, 5) is 14.9. The summed E-state index contributed by atoms with van der Waals surface area (Å²) >= 11 is 0. The number of benzene rings is 3.